The molecule has 1 N–H and O–H groups in total. The number of allylic oxidation sites excluding steroid dienone is 2. The van der Waals surface area contributed by atoms with E-state index >= 15 is 0 Å². The molecule has 1 saturated heterocycles. The number of hydrogen-bond acceptors (Lipinski definition) is 3. The van der Waals surface area contributed by atoms with Gasteiger partial charge in [0.2, 0.25) is 0 Å². The predicted octanol–water partition coefficient (Wildman–Crippen LogP) is 2.18. The molecule has 0 radical (unpaired) electrons. The Bertz CT molecular complexity index is 668. The van der Waals surface area contributed by atoms with Crippen LogP contribution >= 0.6 is 11.6 Å². The summed E-state index contributed by atoms with van der Waals surface area (Å²) in [6.07, 6.45) is 4.39. The van der Waals surface area contributed by atoms with Gasteiger partial charge in [-0.2, -0.15) is 5.01 Å². The maximum absolute atomic E-state index is 12.4. The lowest BCUT2D eigenvalue weighted by molar-refractivity contribution is -0.142. The van der Waals surface area contributed by atoms with Crippen molar-refractivity contribution in [2.75, 3.05) is 0 Å². The molecule has 3 amide bonds. The van der Waals surface area contributed by atoms with Crippen LogP contribution in [0.15, 0.2) is 36.4 Å². The number of amides is 3. The lowest BCUT2D eigenvalue weighted by Gasteiger charge is -2.22. The summed E-state index contributed by atoms with van der Waals surface area (Å²) in [5.41, 5.74) is 2.75. The molecule has 0 saturated carbocycles. The first-order valence-corrected chi connectivity index (χ1v) is 7.48. The number of halogens is 1. The molecule has 3 rings (SSSR count). The van der Waals surface area contributed by atoms with Gasteiger partial charge in [0, 0.05) is 10.6 Å². The van der Waals surface area contributed by atoms with Crippen molar-refractivity contribution in [1.82, 2.24) is 10.4 Å². The Kier molecular flexibility index (Phi) is 3.74. The minimum atomic E-state index is -0.502. The van der Waals surface area contributed by atoms with Crippen molar-refractivity contribution in [3.05, 3.63) is 47.0 Å². The third kappa shape index (κ3) is 2.41. The van der Waals surface area contributed by atoms with Gasteiger partial charge in [-0.15, -0.1) is 0 Å². The number of imide groups is 1. The van der Waals surface area contributed by atoms with Gasteiger partial charge in [0.25, 0.3) is 17.7 Å². The second-order valence-electron chi connectivity index (χ2n) is 5.61. The lowest BCUT2D eigenvalue weighted by Crippen LogP contribution is -2.46. The average Bonchev–Trinajstić information content (AvgIpc) is 2.74. The van der Waals surface area contributed by atoms with Crippen LogP contribution in [0.2, 0.25) is 5.02 Å². The van der Waals surface area contributed by atoms with Crippen LogP contribution in [-0.4, -0.2) is 22.7 Å². The number of hydrogen-bond donors (Lipinski definition) is 1. The number of carbonyl (C=O) groups excluding carboxylic acids is 3. The Labute approximate surface area is 132 Å². The Morgan fingerprint density at radius 3 is 2.55 bits per heavy atom. The standard InChI is InChI=1S/C16H15ClN2O3/c1-9-3-2-4-12-13(9)16(22)19(15(12)21)18-14(20)10-5-7-11(17)8-6-10/h2-3,5-9,12-13H,4H2,1H3,(H,18,20)/t9-,12-,13+/m0/s1. The molecule has 1 aliphatic heterocycles. The molecule has 5 nitrogen and oxygen atoms in total. The van der Waals surface area contributed by atoms with Crippen molar-refractivity contribution < 1.29 is 14.4 Å². The molecular formula is C16H15ClN2O3. The van der Waals surface area contributed by atoms with Crippen LogP contribution in [0.1, 0.15) is 23.7 Å². The predicted molar refractivity (Wildman–Crippen MR) is 80.7 cm³/mol. The smallest absolute Gasteiger partial charge is 0.270 e. The van der Waals surface area contributed by atoms with E-state index in [9.17, 15) is 14.4 Å². The molecule has 0 bridgehead atoms. The van der Waals surface area contributed by atoms with Gasteiger partial charge in [-0.05, 0) is 36.6 Å². The second-order valence-corrected chi connectivity index (χ2v) is 6.05. The summed E-state index contributed by atoms with van der Waals surface area (Å²) in [7, 11) is 0. The maximum Gasteiger partial charge on any atom is 0.270 e. The molecule has 0 aromatic heterocycles. The van der Waals surface area contributed by atoms with Crippen molar-refractivity contribution in [3.63, 3.8) is 0 Å². The maximum atomic E-state index is 12.4. The van der Waals surface area contributed by atoms with Gasteiger partial charge in [0.15, 0.2) is 0 Å². The van der Waals surface area contributed by atoms with Gasteiger partial charge >= 0.3 is 0 Å². The SMILES string of the molecule is C[C@H]1C=CC[C@@H]2C(=O)N(NC(=O)c3ccc(Cl)cc3)C(=O)[C@@H]21. The van der Waals surface area contributed by atoms with Crippen molar-refractivity contribution in [3.8, 4) is 0 Å². The zero-order valence-electron chi connectivity index (χ0n) is 12.0. The summed E-state index contributed by atoms with van der Waals surface area (Å²) >= 11 is 5.77. The number of fused-ring (bicyclic) bond motifs is 1. The van der Waals surface area contributed by atoms with E-state index in [1.54, 1.807) is 24.3 Å². The molecule has 22 heavy (non-hydrogen) atoms. The van der Waals surface area contributed by atoms with Gasteiger partial charge in [0.1, 0.15) is 0 Å². The highest BCUT2D eigenvalue weighted by molar-refractivity contribution is 6.30. The fourth-order valence-corrected chi connectivity index (χ4v) is 3.15. The monoisotopic (exact) mass is 318 g/mol. The number of nitrogens with one attached hydrogen (secondary N) is 1. The first-order chi connectivity index (χ1) is 10.5. The minimum Gasteiger partial charge on any atom is -0.272 e. The van der Waals surface area contributed by atoms with Gasteiger partial charge in [-0.3, -0.25) is 19.8 Å². The molecule has 0 unspecified atom stereocenters. The highest BCUT2D eigenvalue weighted by Gasteiger charge is 2.50. The normalized spacial score (nSPS) is 27.0. The molecule has 2 aliphatic rings. The van der Waals surface area contributed by atoms with E-state index in [0.29, 0.717) is 17.0 Å². The second kappa shape index (κ2) is 5.57. The molecule has 0 spiro atoms. The quantitative estimate of drug-likeness (QED) is 0.671. The summed E-state index contributed by atoms with van der Waals surface area (Å²) in [6.45, 7) is 1.91. The van der Waals surface area contributed by atoms with E-state index < -0.39 is 5.91 Å². The average molecular weight is 319 g/mol. The number of carbonyl (C=O) groups is 3. The Hall–Kier alpha value is -2.14. The first-order valence-electron chi connectivity index (χ1n) is 7.10. The van der Waals surface area contributed by atoms with Crippen LogP contribution in [-0.2, 0) is 9.59 Å². The number of hydrazine groups is 1. The minimum absolute atomic E-state index is 0.00682. The van der Waals surface area contributed by atoms with E-state index in [0.717, 1.165) is 5.01 Å². The van der Waals surface area contributed by atoms with Crippen LogP contribution in [0.5, 0.6) is 0 Å². The van der Waals surface area contributed by atoms with Gasteiger partial charge in [0.05, 0.1) is 11.8 Å². The third-order valence-electron chi connectivity index (χ3n) is 4.19. The fourth-order valence-electron chi connectivity index (χ4n) is 3.03. The van der Waals surface area contributed by atoms with E-state index in [-0.39, 0.29) is 29.6 Å². The summed E-state index contributed by atoms with van der Waals surface area (Å²) in [5.74, 6) is -1.95. The van der Waals surface area contributed by atoms with Crippen molar-refractivity contribution in [1.29, 1.82) is 0 Å². The van der Waals surface area contributed by atoms with Gasteiger partial charge < -0.3 is 0 Å². The first kappa shape index (κ1) is 14.8. The largest absolute Gasteiger partial charge is 0.272 e. The van der Waals surface area contributed by atoms with Gasteiger partial charge in [-0.1, -0.05) is 30.7 Å². The molecule has 1 heterocycles. The van der Waals surface area contributed by atoms with E-state index in [1.807, 2.05) is 19.1 Å². The topological polar surface area (TPSA) is 66.5 Å². The zero-order chi connectivity index (χ0) is 15.9. The van der Waals surface area contributed by atoms with Crippen molar-refractivity contribution in [2.45, 2.75) is 13.3 Å². The molecule has 1 aromatic carbocycles. The summed E-state index contributed by atoms with van der Waals surface area (Å²) in [4.78, 5) is 36.9. The van der Waals surface area contributed by atoms with Crippen LogP contribution in [0.4, 0.5) is 0 Å². The molecular weight excluding hydrogens is 304 g/mol. The number of benzene rings is 1. The van der Waals surface area contributed by atoms with Crippen molar-refractivity contribution >= 4 is 29.3 Å². The van der Waals surface area contributed by atoms with Crippen LogP contribution in [0, 0.1) is 17.8 Å². The van der Waals surface area contributed by atoms with Crippen LogP contribution in [0.3, 0.4) is 0 Å². The molecule has 3 atom stereocenters. The molecule has 6 heteroatoms. The molecule has 1 aromatic rings. The highest BCUT2D eigenvalue weighted by Crippen LogP contribution is 2.37. The number of rotatable bonds is 2. The summed E-state index contributed by atoms with van der Waals surface area (Å²) < 4.78 is 0. The zero-order valence-corrected chi connectivity index (χ0v) is 12.7. The van der Waals surface area contributed by atoms with E-state index in [1.165, 1.54) is 0 Å². The Balaban J connectivity index is 1.78. The highest BCUT2D eigenvalue weighted by atomic mass is 35.5. The van der Waals surface area contributed by atoms with E-state index in [4.69, 9.17) is 11.6 Å². The van der Waals surface area contributed by atoms with Crippen molar-refractivity contribution in [2.24, 2.45) is 17.8 Å². The lowest BCUT2D eigenvalue weighted by atomic mass is 9.78. The fraction of sp³-hybridized carbons (Fsp3) is 0.312. The molecule has 114 valence electrons. The third-order valence-corrected chi connectivity index (χ3v) is 4.44. The molecule has 1 aliphatic carbocycles. The van der Waals surface area contributed by atoms with Gasteiger partial charge in [-0.25, -0.2) is 0 Å². The summed E-state index contributed by atoms with van der Waals surface area (Å²) in [5, 5.41) is 1.38. The molecule has 1 fully saturated rings. The van der Waals surface area contributed by atoms with Crippen LogP contribution < -0.4 is 5.43 Å². The van der Waals surface area contributed by atoms with Crippen LogP contribution in [0.25, 0.3) is 0 Å². The van der Waals surface area contributed by atoms with E-state index in [2.05, 4.69) is 5.43 Å². The summed E-state index contributed by atoms with van der Waals surface area (Å²) in [6, 6.07) is 6.24. The Morgan fingerprint density at radius 2 is 1.91 bits per heavy atom. The Morgan fingerprint density at radius 1 is 1.23 bits per heavy atom. The number of nitrogens with zero attached hydrogens (tertiary/aromatic N) is 1.